The molecule has 0 amide bonds. The first-order valence-electron chi connectivity index (χ1n) is 7.37. The molecule has 3 heteroatoms. The molecule has 2 atom stereocenters. The van der Waals surface area contributed by atoms with Crippen LogP contribution in [0.4, 0.5) is 0 Å². The van der Waals surface area contributed by atoms with Crippen molar-refractivity contribution in [2.75, 3.05) is 7.11 Å². The molecule has 20 heavy (non-hydrogen) atoms. The van der Waals surface area contributed by atoms with Crippen LogP contribution in [-0.2, 0) is 0 Å². The maximum Gasteiger partial charge on any atom is 0.119 e. The number of ether oxygens (including phenoxy) is 1. The molecule has 0 radical (unpaired) electrons. The van der Waals surface area contributed by atoms with Crippen molar-refractivity contribution in [3.05, 3.63) is 29.3 Å². The third kappa shape index (κ3) is 5.14. The van der Waals surface area contributed by atoms with Gasteiger partial charge in [-0.25, -0.2) is 0 Å². The molecular weight excluding hydrogens is 248 g/mol. The molecule has 0 heterocycles. The second kappa shape index (κ2) is 7.09. The zero-order valence-corrected chi connectivity index (χ0v) is 13.8. The van der Waals surface area contributed by atoms with Crippen LogP contribution in [0.5, 0.6) is 5.75 Å². The average Bonchev–Trinajstić information content (AvgIpc) is 2.34. The number of rotatable bonds is 6. The number of hydrazine groups is 1. The summed E-state index contributed by atoms with van der Waals surface area (Å²) in [5.74, 6) is 7.29. The Balaban J connectivity index is 2.80. The smallest absolute Gasteiger partial charge is 0.119 e. The van der Waals surface area contributed by atoms with Crippen molar-refractivity contribution in [3.63, 3.8) is 0 Å². The van der Waals surface area contributed by atoms with Crippen molar-refractivity contribution in [3.8, 4) is 5.75 Å². The molecular formula is C17H30N2O. The summed E-state index contributed by atoms with van der Waals surface area (Å²) in [5.41, 5.74) is 5.80. The lowest BCUT2D eigenvalue weighted by atomic mass is 9.81. The van der Waals surface area contributed by atoms with Crippen molar-refractivity contribution in [2.24, 2.45) is 17.2 Å². The van der Waals surface area contributed by atoms with Crippen LogP contribution < -0.4 is 16.0 Å². The molecule has 1 rings (SSSR count). The summed E-state index contributed by atoms with van der Waals surface area (Å²) >= 11 is 0. The van der Waals surface area contributed by atoms with Gasteiger partial charge in [-0.3, -0.25) is 11.3 Å². The fraction of sp³-hybridized carbons (Fsp3) is 0.647. The Hall–Kier alpha value is -1.06. The second-order valence-electron chi connectivity index (χ2n) is 7.05. The Morgan fingerprint density at radius 2 is 1.95 bits per heavy atom. The highest BCUT2D eigenvalue weighted by Crippen LogP contribution is 2.32. The molecule has 0 aromatic heterocycles. The van der Waals surface area contributed by atoms with Crippen LogP contribution in [0.25, 0.3) is 0 Å². The van der Waals surface area contributed by atoms with Crippen LogP contribution in [0.1, 0.15) is 57.7 Å². The third-order valence-corrected chi connectivity index (χ3v) is 3.65. The van der Waals surface area contributed by atoms with Gasteiger partial charge in [-0.05, 0) is 54.4 Å². The summed E-state index contributed by atoms with van der Waals surface area (Å²) in [4.78, 5) is 0. The fourth-order valence-electron chi connectivity index (χ4n) is 2.98. The summed E-state index contributed by atoms with van der Waals surface area (Å²) in [5, 5.41) is 0. The van der Waals surface area contributed by atoms with Gasteiger partial charge in [0.25, 0.3) is 0 Å². The maximum atomic E-state index is 5.78. The second-order valence-corrected chi connectivity index (χ2v) is 7.05. The Morgan fingerprint density at radius 1 is 1.30 bits per heavy atom. The zero-order valence-electron chi connectivity index (χ0n) is 13.8. The Kier molecular flexibility index (Phi) is 6.03. The number of nitrogens with two attached hydrogens (primary N) is 1. The normalized spacial score (nSPS) is 14.9. The minimum absolute atomic E-state index is 0.193. The molecule has 1 aromatic carbocycles. The first kappa shape index (κ1) is 17.0. The van der Waals surface area contributed by atoms with E-state index in [1.54, 1.807) is 7.11 Å². The summed E-state index contributed by atoms with van der Waals surface area (Å²) in [6.45, 7) is 11.3. The van der Waals surface area contributed by atoms with E-state index in [2.05, 4.69) is 52.2 Å². The van der Waals surface area contributed by atoms with Gasteiger partial charge in [0.05, 0.1) is 7.11 Å². The van der Waals surface area contributed by atoms with E-state index >= 15 is 0 Å². The van der Waals surface area contributed by atoms with Gasteiger partial charge in [0, 0.05) is 6.04 Å². The van der Waals surface area contributed by atoms with E-state index in [0.717, 1.165) is 12.2 Å². The largest absolute Gasteiger partial charge is 0.497 e. The predicted molar refractivity (Wildman–Crippen MR) is 85.6 cm³/mol. The van der Waals surface area contributed by atoms with E-state index in [0.29, 0.717) is 11.3 Å². The molecule has 2 unspecified atom stereocenters. The van der Waals surface area contributed by atoms with Gasteiger partial charge in [-0.15, -0.1) is 0 Å². The number of nitrogens with one attached hydrogen (secondary N) is 1. The monoisotopic (exact) mass is 278 g/mol. The molecule has 1 aromatic rings. The van der Waals surface area contributed by atoms with E-state index in [4.69, 9.17) is 10.6 Å². The van der Waals surface area contributed by atoms with Crippen LogP contribution in [0.15, 0.2) is 18.2 Å². The summed E-state index contributed by atoms with van der Waals surface area (Å²) in [6.07, 6.45) is 2.24. The number of aryl methyl sites for hydroxylation is 1. The predicted octanol–water partition coefficient (Wildman–Crippen LogP) is 3.97. The van der Waals surface area contributed by atoms with Crippen LogP contribution in [0.3, 0.4) is 0 Å². The first-order valence-corrected chi connectivity index (χ1v) is 7.37. The summed E-state index contributed by atoms with van der Waals surface area (Å²) in [6, 6.07) is 6.37. The molecule has 0 fully saturated rings. The number of benzene rings is 1. The highest BCUT2D eigenvalue weighted by Gasteiger charge is 2.20. The van der Waals surface area contributed by atoms with Gasteiger partial charge in [0.2, 0.25) is 0 Å². The summed E-state index contributed by atoms with van der Waals surface area (Å²) in [7, 11) is 1.69. The standard InChI is InChI=1S/C17H30N2O/c1-12(11-17(3,4)5)9-16(19-18)15-8-7-14(20-6)10-13(15)2/h7-8,10,12,16,19H,9,11,18H2,1-6H3. The lowest BCUT2D eigenvalue weighted by molar-refractivity contribution is 0.276. The van der Waals surface area contributed by atoms with Crippen LogP contribution in [-0.4, -0.2) is 7.11 Å². The van der Waals surface area contributed by atoms with Gasteiger partial charge in [0.1, 0.15) is 5.75 Å². The first-order chi connectivity index (χ1) is 9.26. The zero-order chi connectivity index (χ0) is 15.3. The third-order valence-electron chi connectivity index (χ3n) is 3.65. The SMILES string of the molecule is COc1ccc(C(CC(C)CC(C)(C)C)NN)c(C)c1. The molecule has 0 saturated heterocycles. The molecule has 0 aliphatic heterocycles. The van der Waals surface area contributed by atoms with Crippen molar-refractivity contribution >= 4 is 0 Å². The van der Waals surface area contributed by atoms with Gasteiger partial charge in [-0.2, -0.15) is 0 Å². The van der Waals surface area contributed by atoms with Crippen LogP contribution in [0, 0.1) is 18.3 Å². The minimum Gasteiger partial charge on any atom is -0.497 e. The van der Waals surface area contributed by atoms with E-state index in [1.165, 1.54) is 17.5 Å². The highest BCUT2D eigenvalue weighted by atomic mass is 16.5. The Morgan fingerprint density at radius 3 is 2.40 bits per heavy atom. The van der Waals surface area contributed by atoms with Crippen molar-refractivity contribution < 1.29 is 4.74 Å². The quantitative estimate of drug-likeness (QED) is 0.611. The van der Waals surface area contributed by atoms with Crippen LogP contribution in [0.2, 0.25) is 0 Å². The fourth-order valence-corrected chi connectivity index (χ4v) is 2.98. The summed E-state index contributed by atoms with van der Waals surface area (Å²) < 4.78 is 5.26. The molecule has 0 spiro atoms. The molecule has 0 aliphatic rings. The van der Waals surface area contributed by atoms with E-state index in [-0.39, 0.29) is 6.04 Å². The van der Waals surface area contributed by atoms with Crippen molar-refractivity contribution in [2.45, 2.75) is 53.5 Å². The topological polar surface area (TPSA) is 47.3 Å². The molecule has 0 bridgehead atoms. The average molecular weight is 278 g/mol. The molecule has 0 aliphatic carbocycles. The highest BCUT2D eigenvalue weighted by molar-refractivity contribution is 5.36. The van der Waals surface area contributed by atoms with Gasteiger partial charge >= 0.3 is 0 Å². The van der Waals surface area contributed by atoms with Gasteiger partial charge in [-0.1, -0.05) is 33.8 Å². The number of hydrogen-bond acceptors (Lipinski definition) is 3. The van der Waals surface area contributed by atoms with Gasteiger partial charge < -0.3 is 4.74 Å². The molecule has 3 nitrogen and oxygen atoms in total. The van der Waals surface area contributed by atoms with Crippen molar-refractivity contribution in [1.82, 2.24) is 5.43 Å². The van der Waals surface area contributed by atoms with E-state index in [1.807, 2.05) is 6.07 Å². The van der Waals surface area contributed by atoms with E-state index in [9.17, 15) is 0 Å². The molecule has 0 saturated carbocycles. The van der Waals surface area contributed by atoms with E-state index < -0.39 is 0 Å². The number of methoxy groups -OCH3 is 1. The maximum absolute atomic E-state index is 5.78. The van der Waals surface area contributed by atoms with Gasteiger partial charge in [0.15, 0.2) is 0 Å². The number of hydrogen-bond donors (Lipinski definition) is 2. The molecule has 3 N–H and O–H groups in total. The minimum atomic E-state index is 0.193. The van der Waals surface area contributed by atoms with Crippen molar-refractivity contribution in [1.29, 1.82) is 0 Å². The lowest BCUT2D eigenvalue weighted by Crippen LogP contribution is -2.30. The van der Waals surface area contributed by atoms with Crippen LogP contribution >= 0.6 is 0 Å². The lowest BCUT2D eigenvalue weighted by Gasteiger charge is -2.27. The molecule has 114 valence electrons. The Labute approximate surface area is 123 Å². The Bertz CT molecular complexity index is 423.